The number of hydrogen-bond donors (Lipinski definition) is 1. The fourth-order valence-electron chi connectivity index (χ4n) is 1.37. The molecule has 2 heterocycles. The SMILES string of the molecule is CC(NCCn1cccn1)c1cncs1. The van der Waals surface area contributed by atoms with Crippen LogP contribution < -0.4 is 5.32 Å². The third kappa shape index (κ3) is 2.87. The van der Waals surface area contributed by atoms with Gasteiger partial charge in [0, 0.05) is 36.1 Å². The second-order valence-electron chi connectivity index (χ2n) is 3.35. The molecule has 0 spiro atoms. The predicted octanol–water partition coefficient (Wildman–Crippen LogP) is 1.69. The van der Waals surface area contributed by atoms with E-state index < -0.39 is 0 Å². The number of aromatic nitrogens is 3. The summed E-state index contributed by atoms with van der Waals surface area (Å²) >= 11 is 1.68. The van der Waals surface area contributed by atoms with Crippen molar-refractivity contribution in [1.29, 1.82) is 0 Å². The maximum absolute atomic E-state index is 4.14. The van der Waals surface area contributed by atoms with Gasteiger partial charge < -0.3 is 5.32 Å². The summed E-state index contributed by atoms with van der Waals surface area (Å²) in [5.74, 6) is 0. The van der Waals surface area contributed by atoms with Gasteiger partial charge >= 0.3 is 0 Å². The Hall–Kier alpha value is -1.20. The molecule has 0 aliphatic rings. The first kappa shape index (κ1) is 10.3. The molecule has 0 bridgehead atoms. The lowest BCUT2D eigenvalue weighted by molar-refractivity contribution is 0.511. The van der Waals surface area contributed by atoms with Crippen molar-refractivity contribution in [2.45, 2.75) is 19.5 Å². The van der Waals surface area contributed by atoms with Gasteiger partial charge in [-0.2, -0.15) is 5.10 Å². The fraction of sp³-hybridized carbons (Fsp3) is 0.400. The molecule has 80 valence electrons. The van der Waals surface area contributed by atoms with E-state index in [9.17, 15) is 0 Å². The Balaban J connectivity index is 1.74. The molecular formula is C10H14N4S. The van der Waals surface area contributed by atoms with Crippen LogP contribution in [0.1, 0.15) is 17.8 Å². The van der Waals surface area contributed by atoms with Gasteiger partial charge in [-0.1, -0.05) is 0 Å². The Morgan fingerprint density at radius 2 is 2.53 bits per heavy atom. The van der Waals surface area contributed by atoms with E-state index in [2.05, 4.69) is 22.3 Å². The van der Waals surface area contributed by atoms with Gasteiger partial charge in [-0.25, -0.2) is 0 Å². The fourth-order valence-corrected chi connectivity index (χ4v) is 2.02. The Morgan fingerprint density at radius 1 is 1.60 bits per heavy atom. The largest absolute Gasteiger partial charge is 0.308 e. The number of nitrogens with one attached hydrogen (secondary N) is 1. The molecule has 4 nitrogen and oxygen atoms in total. The van der Waals surface area contributed by atoms with Gasteiger partial charge in [0.1, 0.15) is 0 Å². The van der Waals surface area contributed by atoms with E-state index in [1.165, 1.54) is 4.88 Å². The van der Waals surface area contributed by atoms with Crippen molar-refractivity contribution in [3.63, 3.8) is 0 Å². The average Bonchev–Trinajstić information content (AvgIpc) is 2.90. The van der Waals surface area contributed by atoms with Gasteiger partial charge in [0.15, 0.2) is 0 Å². The Kier molecular flexibility index (Phi) is 3.47. The van der Waals surface area contributed by atoms with Crippen LogP contribution in [0.3, 0.4) is 0 Å². The summed E-state index contributed by atoms with van der Waals surface area (Å²) in [6.45, 7) is 3.97. The monoisotopic (exact) mass is 222 g/mol. The van der Waals surface area contributed by atoms with Crippen molar-refractivity contribution in [2.75, 3.05) is 6.54 Å². The highest BCUT2D eigenvalue weighted by atomic mass is 32.1. The van der Waals surface area contributed by atoms with Crippen LogP contribution in [-0.4, -0.2) is 21.3 Å². The highest BCUT2D eigenvalue weighted by Gasteiger charge is 2.05. The van der Waals surface area contributed by atoms with E-state index in [0.29, 0.717) is 6.04 Å². The van der Waals surface area contributed by atoms with Gasteiger partial charge in [-0.05, 0) is 13.0 Å². The summed E-state index contributed by atoms with van der Waals surface area (Å²) in [7, 11) is 0. The third-order valence-electron chi connectivity index (χ3n) is 2.23. The molecule has 0 aliphatic heterocycles. The highest BCUT2D eigenvalue weighted by Crippen LogP contribution is 2.15. The van der Waals surface area contributed by atoms with Crippen molar-refractivity contribution in [2.24, 2.45) is 0 Å². The minimum atomic E-state index is 0.369. The first-order valence-corrected chi connectivity index (χ1v) is 5.83. The normalized spacial score (nSPS) is 12.9. The standard InChI is InChI=1S/C10H14N4S/c1-9(10-7-11-8-15-10)12-4-6-14-5-2-3-13-14/h2-3,5,7-9,12H,4,6H2,1H3. The van der Waals surface area contributed by atoms with Crippen LogP contribution >= 0.6 is 11.3 Å². The van der Waals surface area contributed by atoms with Crippen molar-refractivity contribution in [3.05, 3.63) is 35.0 Å². The van der Waals surface area contributed by atoms with Crippen molar-refractivity contribution in [1.82, 2.24) is 20.1 Å². The van der Waals surface area contributed by atoms with Crippen molar-refractivity contribution >= 4 is 11.3 Å². The van der Waals surface area contributed by atoms with E-state index >= 15 is 0 Å². The second-order valence-corrected chi connectivity index (χ2v) is 4.27. The minimum absolute atomic E-state index is 0.369. The highest BCUT2D eigenvalue weighted by molar-refractivity contribution is 7.09. The topological polar surface area (TPSA) is 42.7 Å². The van der Waals surface area contributed by atoms with Crippen LogP contribution in [0.15, 0.2) is 30.2 Å². The summed E-state index contributed by atoms with van der Waals surface area (Å²) in [5.41, 5.74) is 1.86. The van der Waals surface area contributed by atoms with Gasteiger partial charge in [0.25, 0.3) is 0 Å². The molecule has 0 saturated heterocycles. The Labute approximate surface area is 93.0 Å². The van der Waals surface area contributed by atoms with Crippen LogP contribution in [0.2, 0.25) is 0 Å². The lowest BCUT2D eigenvalue weighted by atomic mass is 10.3. The Bertz CT molecular complexity index is 368. The number of thiazole rings is 1. The zero-order chi connectivity index (χ0) is 10.5. The summed E-state index contributed by atoms with van der Waals surface area (Å²) in [4.78, 5) is 5.34. The van der Waals surface area contributed by atoms with Gasteiger partial charge in [-0.3, -0.25) is 9.67 Å². The molecule has 1 atom stereocenters. The molecule has 0 fully saturated rings. The summed E-state index contributed by atoms with van der Waals surface area (Å²) in [6, 6.07) is 2.31. The molecule has 0 saturated carbocycles. The van der Waals surface area contributed by atoms with Crippen LogP contribution in [-0.2, 0) is 6.54 Å². The van der Waals surface area contributed by atoms with Crippen molar-refractivity contribution < 1.29 is 0 Å². The number of rotatable bonds is 5. The maximum atomic E-state index is 4.14. The van der Waals surface area contributed by atoms with Crippen molar-refractivity contribution in [3.8, 4) is 0 Å². The van der Waals surface area contributed by atoms with E-state index in [4.69, 9.17) is 0 Å². The van der Waals surface area contributed by atoms with Gasteiger partial charge in [-0.15, -0.1) is 11.3 Å². The summed E-state index contributed by atoms with van der Waals surface area (Å²) in [6.07, 6.45) is 5.68. The second kappa shape index (κ2) is 5.04. The van der Waals surface area contributed by atoms with E-state index in [1.54, 1.807) is 17.5 Å². The first-order chi connectivity index (χ1) is 7.36. The quantitative estimate of drug-likeness (QED) is 0.837. The zero-order valence-electron chi connectivity index (χ0n) is 8.63. The lowest BCUT2D eigenvalue weighted by Gasteiger charge is -2.11. The summed E-state index contributed by atoms with van der Waals surface area (Å²) < 4.78 is 1.92. The Morgan fingerprint density at radius 3 is 3.20 bits per heavy atom. The molecule has 15 heavy (non-hydrogen) atoms. The smallest absolute Gasteiger partial charge is 0.0794 e. The third-order valence-corrected chi connectivity index (χ3v) is 3.19. The van der Waals surface area contributed by atoms with Crippen LogP contribution in [0, 0.1) is 0 Å². The van der Waals surface area contributed by atoms with Crippen LogP contribution in [0.4, 0.5) is 0 Å². The van der Waals surface area contributed by atoms with Crippen LogP contribution in [0.5, 0.6) is 0 Å². The van der Waals surface area contributed by atoms with Crippen LogP contribution in [0.25, 0.3) is 0 Å². The number of nitrogens with zero attached hydrogens (tertiary/aromatic N) is 3. The molecule has 1 N–H and O–H groups in total. The summed E-state index contributed by atoms with van der Waals surface area (Å²) in [5, 5.41) is 7.58. The molecule has 0 aromatic carbocycles. The molecule has 2 aromatic rings. The molecule has 2 aromatic heterocycles. The van der Waals surface area contributed by atoms with E-state index in [0.717, 1.165) is 13.1 Å². The molecule has 2 rings (SSSR count). The van der Waals surface area contributed by atoms with Gasteiger partial charge in [0.2, 0.25) is 0 Å². The zero-order valence-corrected chi connectivity index (χ0v) is 9.44. The lowest BCUT2D eigenvalue weighted by Crippen LogP contribution is -2.22. The molecular weight excluding hydrogens is 208 g/mol. The molecule has 0 amide bonds. The van der Waals surface area contributed by atoms with E-state index in [1.807, 2.05) is 28.7 Å². The molecule has 0 radical (unpaired) electrons. The molecule has 5 heteroatoms. The molecule has 0 aliphatic carbocycles. The maximum Gasteiger partial charge on any atom is 0.0794 e. The van der Waals surface area contributed by atoms with E-state index in [-0.39, 0.29) is 0 Å². The molecule has 1 unspecified atom stereocenters. The number of hydrogen-bond acceptors (Lipinski definition) is 4. The average molecular weight is 222 g/mol. The predicted molar refractivity (Wildman–Crippen MR) is 60.8 cm³/mol. The van der Waals surface area contributed by atoms with Gasteiger partial charge in [0.05, 0.1) is 12.1 Å². The minimum Gasteiger partial charge on any atom is -0.308 e. The first-order valence-electron chi connectivity index (χ1n) is 4.95.